The summed E-state index contributed by atoms with van der Waals surface area (Å²) in [5.74, 6) is 0.833. The van der Waals surface area contributed by atoms with E-state index in [-0.39, 0.29) is 11.5 Å². The number of nitrogens with one attached hydrogen (secondary N) is 1. The Hall–Kier alpha value is -3.92. The van der Waals surface area contributed by atoms with E-state index in [1.807, 2.05) is 36.2 Å². The van der Waals surface area contributed by atoms with Crippen LogP contribution in [0.1, 0.15) is 23.3 Å². The zero-order valence-electron chi connectivity index (χ0n) is 18.5. The van der Waals surface area contributed by atoms with Gasteiger partial charge in [-0.3, -0.25) is 9.78 Å². The molecule has 3 heterocycles. The van der Waals surface area contributed by atoms with Gasteiger partial charge >= 0.3 is 0 Å². The summed E-state index contributed by atoms with van der Waals surface area (Å²) >= 11 is 0. The third-order valence-electron chi connectivity index (χ3n) is 5.17. The lowest BCUT2D eigenvalue weighted by Gasteiger charge is -2.22. The van der Waals surface area contributed by atoms with Crippen LogP contribution >= 0.6 is 0 Å². The average Bonchev–Trinajstić information content (AvgIpc) is 2.82. The molecule has 1 aromatic carbocycles. The molecule has 0 unspecified atom stereocenters. The Kier molecular flexibility index (Phi) is 6.84. The summed E-state index contributed by atoms with van der Waals surface area (Å²) in [6, 6.07) is 7.35. The van der Waals surface area contributed by atoms with E-state index in [0.717, 1.165) is 18.5 Å². The number of aromatic nitrogens is 3. The Morgan fingerprint density at radius 2 is 2.15 bits per heavy atom. The first-order valence-electron chi connectivity index (χ1n) is 10.8. The summed E-state index contributed by atoms with van der Waals surface area (Å²) in [4.78, 5) is 27.9. The molecule has 3 aromatic rings. The van der Waals surface area contributed by atoms with E-state index < -0.39 is 5.91 Å². The van der Waals surface area contributed by atoms with Crippen LogP contribution in [0.3, 0.4) is 0 Å². The van der Waals surface area contributed by atoms with E-state index in [1.165, 1.54) is 6.20 Å². The number of nitrogens with two attached hydrogens (primary N) is 2. The first-order chi connectivity index (χ1) is 16.0. The van der Waals surface area contributed by atoms with Crippen molar-refractivity contribution in [3.05, 3.63) is 48.5 Å². The molecule has 4 rings (SSSR count). The summed E-state index contributed by atoms with van der Waals surface area (Å²) in [5.41, 5.74) is 14.2. The van der Waals surface area contributed by atoms with E-state index in [4.69, 9.17) is 20.9 Å². The number of pyridine rings is 1. The normalized spacial score (nSPS) is 13.8. The number of nitrogens with zero attached hydrogens (tertiary/aromatic N) is 4. The number of carbonyl (C=O) groups is 1. The van der Waals surface area contributed by atoms with Gasteiger partial charge in [0.1, 0.15) is 11.5 Å². The van der Waals surface area contributed by atoms with E-state index >= 15 is 0 Å². The van der Waals surface area contributed by atoms with Crippen LogP contribution in [0.4, 0.5) is 17.2 Å². The molecule has 4 bridgehead atoms. The molecule has 1 aliphatic heterocycles. The molecule has 0 fully saturated rings. The Labute approximate surface area is 191 Å². The van der Waals surface area contributed by atoms with Gasteiger partial charge in [0, 0.05) is 31.4 Å². The van der Waals surface area contributed by atoms with Gasteiger partial charge in [0.15, 0.2) is 11.5 Å². The number of hydrogen-bond donors (Lipinski definition) is 3. The maximum Gasteiger partial charge on any atom is 0.278 e. The van der Waals surface area contributed by atoms with Crippen molar-refractivity contribution in [2.45, 2.75) is 12.8 Å². The third-order valence-corrected chi connectivity index (χ3v) is 5.17. The van der Waals surface area contributed by atoms with Crippen molar-refractivity contribution in [3.8, 4) is 22.8 Å². The van der Waals surface area contributed by atoms with Crippen LogP contribution in [-0.2, 0) is 0 Å². The summed E-state index contributed by atoms with van der Waals surface area (Å²) in [6.45, 7) is 2.23. The van der Waals surface area contributed by atoms with Gasteiger partial charge in [0.25, 0.3) is 5.91 Å². The third kappa shape index (κ3) is 5.29. The second-order valence-corrected chi connectivity index (χ2v) is 7.64. The van der Waals surface area contributed by atoms with Crippen molar-refractivity contribution in [3.63, 3.8) is 0 Å². The number of fused-ring (bicyclic) bond motifs is 6. The number of hydrogen-bond acceptors (Lipinski definition) is 9. The minimum absolute atomic E-state index is 0.0248. The molecule has 1 aliphatic rings. The summed E-state index contributed by atoms with van der Waals surface area (Å²) in [7, 11) is 1.95. The Morgan fingerprint density at radius 1 is 1.27 bits per heavy atom. The molecule has 0 spiro atoms. The molecule has 0 atom stereocenters. The first kappa shape index (κ1) is 22.3. The lowest BCUT2D eigenvalue weighted by Crippen LogP contribution is -2.23. The smallest absolute Gasteiger partial charge is 0.278 e. The van der Waals surface area contributed by atoms with Crippen LogP contribution in [0.5, 0.6) is 11.5 Å². The summed E-state index contributed by atoms with van der Waals surface area (Å²) in [5, 5.41) is 2.87. The first-order valence-corrected chi connectivity index (χ1v) is 10.8. The number of nitrogen functional groups attached to an aromatic ring is 1. The Morgan fingerprint density at radius 3 is 3.00 bits per heavy atom. The van der Waals surface area contributed by atoms with Crippen LogP contribution in [0.2, 0.25) is 0 Å². The number of ether oxygens (including phenoxy) is 2. The highest BCUT2D eigenvalue weighted by Crippen LogP contribution is 2.31. The molecular formula is C23H27N7O3. The molecule has 10 nitrogen and oxygen atoms in total. The molecular weight excluding hydrogens is 422 g/mol. The van der Waals surface area contributed by atoms with E-state index in [2.05, 4.69) is 20.3 Å². The second-order valence-electron chi connectivity index (χ2n) is 7.64. The number of amides is 1. The molecule has 172 valence electrons. The number of anilines is 3. The minimum Gasteiger partial charge on any atom is -0.493 e. The van der Waals surface area contributed by atoms with Gasteiger partial charge in [-0.15, -0.1) is 0 Å². The van der Waals surface area contributed by atoms with Crippen LogP contribution < -0.4 is 31.2 Å². The number of rotatable bonds is 4. The van der Waals surface area contributed by atoms with Crippen LogP contribution in [-0.4, -0.2) is 54.2 Å². The number of benzene rings is 1. The number of carbonyl (C=O) groups excluding carboxylic acids is 1. The Bertz CT molecular complexity index is 1140. The van der Waals surface area contributed by atoms with E-state index in [9.17, 15) is 4.79 Å². The maximum atomic E-state index is 13.1. The van der Waals surface area contributed by atoms with Gasteiger partial charge in [-0.2, -0.15) is 0 Å². The Balaban J connectivity index is 1.75. The molecule has 33 heavy (non-hydrogen) atoms. The lowest BCUT2D eigenvalue weighted by molar-refractivity contribution is 0.102. The van der Waals surface area contributed by atoms with Gasteiger partial charge in [0.05, 0.1) is 42.7 Å². The van der Waals surface area contributed by atoms with Crippen molar-refractivity contribution in [1.82, 2.24) is 15.0 Å². The summed E-state index contributed by atoms with van der Waals surface area (Å²) in [6.07, 6.45) is 6.29. The van der Waals surface area contributed by atoms with Crippen LogP contribution in [0.15, 0.2) is 42.9 Å². The summed E-state index contributed by atoms with van der Waals surface area (Å²) < 4.78 is 11.9. The zero-order valence-corrected chi connectivity index (χ0v) is 18.5. The van der Waals surface area contributed by atoms with Crippen molar-refractivity contribution >= 4 is 23.1 Å². The molecule has 1 amide bonds. The molecule has 10 heteroatoms. The highest BCUT2D eigenvalue weighted by molar-refractivity contribution is 6.07. The average molecular weight is 450 g/mol. The molecule has 5 N–H and O–H groups in total. The highest BCUT2D eigenvalue weighted by atomic mass is 16.5. The SMILES string of the molecule is CN1CCCOc2cc(OCCCN)cc(c2)-c2cnc(N)c(n2)C(=O)Nc2cnccc21. The standard InChI is InChI=1S/C23H27N7O3/c1-30-7-3-9-33-17-11-15(10-16(12-17)32-8-2-5-24)18-14-27-22(25)21(28-18)23(31)29-19-13-26-6-4-20(19)30/h4,6,10-14H,2-3,5,7-9,24H2,1H3,(H2,25,27)(H,29,31). The molecule has 0 radical (unpaired) electrons. The fourth-order valence-corrected chi connectivity index (χ4v) is 3.47. The molecule has 2 aromatic heterocycles. The fourth-order valence-electron chi connectivity index (χ4n) is 3.47. The minimum atomic E-state index is -0.466. The molecule has 0 saturated carbocycles. The maximum absolute atomic E-state index is 13.1. The molecule has 0 saturated heterocycles. The van der Waals surface area contributed by atoms with Crippen LogP contribution in [0.25, 0.3) is 11.3 Å². The van der Waals surface area contributed by atoms with Crippen LogP contribution in [0, 0.1) is 0 Å². The van der Waals surface area contributed by atoms with E-state index in [0.29, 0.717) is 54.7 Å². The molecule has 0 aliphatic carbocycles. The van der Waals surface area contributed by atoms with Gasteiger partial charge in [0.2, 0.25) is 0 Å². The van der Waals surface area contributed by atoms with Gasteiger partial charge in [-0.05, 0) is 37.6 Å². The van der Waals surface area contributed by atoms with Crippen molar-refractivity contribution < 1.29 is 14.3 Å². The van der Waals surface area contributed by atoms with Gasteiger partial charge in [-0.1, -0.05) is 0 Å². The predicted molar refractivity (Wildman–Crippen MR) is 127 cm³/mol. The lowest BCUT2D eigenvalue weighted by atomic mass is 10.1. The van der Waals surface area contributed by atoms with E-state index in [1.54, 1.807) is 12.4 Å². The van der Waals surface area contributed by atoms with Crippen molar-refractivity contribution in [1.29, 1.82) is 0 Å². The van der Waals surface area contributed by atoms with Gasteiger partial charge < -0.3 is 31.2 Å². The van der Waals surface area contributed by atoms with Gasteiger partial charge in [-0.25, -0.2) is 9.97 Å². The second kappa shape index (κ2) is 10.1. The quantitative estimate of drug-likeness (QED) is 0.512. The monoisotopic (exact) mass is 449 g/mol. The largest absolute Gasteiger partial charge is 0.493 e. The van der Waals surface area contributed by atoms with Crippen molar-refractivity contribution in [2.24, 2.45) is 5.73 Å². The zero-order chi connectivity index (χ0) is 23.2. The highest BCUT2D eigenvalue weighted by Gasteiger charge is 2.19. The topological polar surface area (TPSA) is 142 Å². The fraction of sp³-hybridized carbons (Fsp3) is 0.304. The predicted octanol–water partition coefficient (Wildman–Crippen LogP) is 2.32. The van der Waals surface area contributed by atoms with Crippen molar-refractivity contribution in [2.75, 3.05) is 49.3 Å².